The van der Waals surface area contributed by atoms with Crippen molar-refractivity contribution < 1.29 is 18.0 Å². The number of carbonyl (C=O) groups excluding carboxylic acids is 1. The molecule has 122 valence electrons. The average molecular weight is 358 g/mol. The summed E-state index contributed by atoms with van der Waals surface area (Å²) in [7, 11) is 1.38. The summed E-state index contributed by atoms with van der Waals surface area (Å²) in [4.78, 5) is 23.5. The van der Waals surface area contributed by atoms with Gasteiger partial charge in [-0.2, -0.15) is 19.2 Å². The number of urea groups is 1. The number of benzene rings is 1. The van der Waals surface area contributed by atoms with Gasteiger partial charge in [0.25, 0.3) is 0 Å². The van der Waals surface area contributed by atoms with Crippen LogP contribution in [0.4, 0.5) is 10.7 Å². The highest BCUT2D eigenvalue weighted by Crippen LogP contribution is 2.18. The number of halogens is 1. The molecule has 0 spiro atoms. The van der Waals surface area contributed by atoms with Gasteiger partial charge in [-0.1, -0.05) is 23.7 Å². The van der Waals surface area contributed by atoms with E-state index < -0.39 is 17.1 Å². The molecule has 0 fully saturated rings. The summed E-state index contributed by atoms with van der Waals surface area (Å²) in [6.45, 7) is 1.61. The molecule has 0 aliphatic carbocycles. The highest BCUT2D eigenvalue weighted by molar-refractivity contribution is 7.80. The van der Waals surface area contributed by atoms with Crippen molar-refractivity contribution in [2.75, 3.05) is 12.4 Å². The first-order chi connectivity index (χ1) is 11.0. The molecule has 2 aromatic rings. The number of methoxy groups -OCH3 is 1. The molecule has 9 nitrogen and oxygen atoms in total. The van der Waals surface area contributed by atoms with E-state index in [9.17, 15) is 9.00 Å². The van der Waals surface area contributed by atoms with Crippen molar-refractivity contribution in [3.8, 4) is 6.01 Å². The van der Waals surface area contributed by atoms with Crippen LogP contribution in [0.1, 0.15) is 5.82 Å². The quantitative estimate of drug-likeness (QED) is 0.781. The molecule has 1 unspecified atom stereocenters. The summed E-state index contributed by atoms with van der Waals surface area (Å²) >= 11 is 3.91. The largest absolute Gasteiger partial charge is 0.467 e. The molecule has 0 bridgehead atoms. The SMILES string of the molecule is COc1nc(C)nc(NC(=O)NOS(=O)c2ccccc2Cl)n1. The van der Waals surface area contributed by atoms with E-state index in [4.69, 9.17) is 20.6 Å². The van der Waals surface area contributed by atoms with E-state index in [1.165, 1.54) is 13.2 Å². The van der Waals surface area contributed by atoms with Gasteiger partial charge < -0.3 is 4.74 Å². The molecule has 0 saturated heterocycles. The number of carbonyl (C=O) groups is 1. The summed E-state index contributed by atoms with van der Waals surface area (Å²) in [5.41, 5.74) is 1.96. The molecule has 11 heteroatoms. The molecule has 2 rings (SSSR count). The predicted octanol–water partition coefficient (Wildman–Crippen LogP) is 1.62. The van der Waals surface area contributed by atoms with Gasteiger partial charge >= 0.3 is 12.0 Å². The maximum atomic E-state index is 11.9. The molecular weight excluding hydrogens is 346 g/mol. The summed E-state index contributed by atoms with van der Waals surface area (Å²) in [5, 5.41) is 2.55. The van der Waals surface area contributed by atoms with Crippen molar-refractivity contribution in [3.05, 3.63) is 35.1 Å². The van der Waals surface area contributed by atoms with Crippen LogP contribution < -0.4 is 15.5 Å². The Labute approximate surface area is 139 Å². The molecule has 0 aliphatic rings. The number of anilines is 1. The molecule has 2 amide bonds. The second-order valence-electron chi connectivity index (χ2n) is 4.00. The van der Waals surface area contributed by atoms with Crippen LogP contribution in [-0.4, -0.2) is 32.3 Å². The molecule has 1 atom stereocenters. The standard InChI is InChI=1S/C12H12ClN5O4S/c1-7-14-10(17-12(15-7)21-2)16-11(19)18-22-23(20)9-6-4-3-5-8(9)13/h3-6H,1-2H3,(H2,14,15,16,17,18,19). The molecular formula is C12H12ClN5O4S. The zero-order valence-electron chi connectivity index (χ0n) is 12.1. The number of hydrogen-bond acceptors (Lipinski definition) is 7. The minimum Gasteiger partial charge on any atom is -0.467 e. The van der Waals surface area contributed by atoms with Crippen LogP contribution in [0.3, 0.4) is 0 Å². The smallest absolute Gasteiger partial charge is 0.346 e. The molecule has 1 aromatic heterocycles. The normalized spacial score (nSPS) is 11.6. The fourth-order valence-electron chi connectivity index (χ4n) is 1.43. The number of hydroxylamine groups is 1. The average Bonchev–Trinajstić information content (AvgIpc) is 2.52. The summed E-state index contributed by atoms with van der Waals surface area (Å²) in [6.07, 6.45) is 0. The Kier molecular flexibility index (Phi) is 5.79. The first kappa shape index (κ1) is 17.1. The van der Waals surface area contributed by atoms with Crippen LogP contribution in [0.5, 0.6) is 6.01 Å². The number of aryl methyl sites for hydroxylation is 1. The number of hydrogen-bond donors (Lipinski definition) is 2. The summed E-state index contributed by atoms with van der Waals surface area (Å²) < 4.78 is 21.5. The van der Waals surface area contributed by atoms with Gasteiger partial charge in [-0.25, -0.2) is 14.5 Å². The third-order valence-corrected chi connectivity index (χ3v) is 3.75. The zero-order chi connectivity index (χ0) is 16.8. The van der Waals surface area contributed by atoms with Crippen molar-refractivity contribution in [1.82, 2.24) is 20.4 Å². The maximum absolute atomic E-state index is 11.9. The van der Waals surface area contributed by atoms with E-state index in [-0.39, 0.29) is 21.9 Å². The Hall–Kier alpha value is -2.30. The van der Waals surface area contributed by atoms with Crippen LogP contribution in [0.2, 0.25) is 5.02 Å². The van der Waals surface area contributed by atoms with Crippen LogP contribution >= 0.6 is 11.6 Å². The Balaban J connectivity index is 1.94. The minimum atomic E-state index is -1.97. The first-order valence-corrected chi connectivity index (χ1v) is 7.62. The van der Waals surface area contributed by atoms with Gasteiger partial charge in [0.05, 0.1) is 17.0 Å². The van der Waals surface area contributed by atoms with Gasteiger partial charge in [0.2, 0.25) is 17.0 Å². The fraction of sp³-hybridized carbons (Fsp3) is 0.167. The van der Waals surface area contributed by atoms with Crippen molar-refractivity contribution in [1.29, 1.82) is 0 Å². The van der Waals surface area contributed by atoms with Crippen molar-refractivity contribution in [2.45, 2.75) is 11.8 Å². The summed E-state index contributed by atoms with van der Waals surface area (Å²) in [5.74, 6) is 0.312. The number of amides is 2. The van der Waals surface area contributed by atoms with E-state index in [1.807, 2.05) is 5.48 Å². The predicted molar refractivity (Wildman–Crippen MR) is 82.2 cm³/mol. The molecule has 2 N–H and O–H groups in total. The second-order valence-corrected chi connectivity index (χ2v) is 5.48. The van der Waals surface area contributed by atoms with Gasteiger partial charge in [0.15, 0.2) is 0 Å². The first-order valence-electron chi connectivity index (χ1n) is 6.17. The third-order valence-electron chi connectivity index (χ3n) is 2.36. The van der Waals surface area contributed by atoms with Crippen LogP contribution in [0, 0.1) is 6.92 Å². The van der Waals surface area contributed by atoms with E-state index in [0.717, 1.165) is 0 Å². The number of ether oxygens (including phenoxy) is 1. The topological polar surface area (TPSA) is 115 Å². The van der Waals surface area contributed by atoms with Crippen LogP contribution in [-0.2, 0) is 15.4 Å². The fourth-order valence-corrected chi connectivity index (χ4v) is 2.41. The molecule has 23 heavy (non-hydrogen) atoms. The Morgan fingerprint density at radius 3 is 2.70 bits per heavy atom. The van der Waals surface area contributed by atoms with E-state index >= 15 is 0 Å². The Bertz CT molecular complexity index is 745. The van der Waals surface area contributed by atoms with Crippen molar-refractivity contribution >= 4 is 34.7 Å². The number of nitrogens with one attached hydrogen (secondary N) is 2. The van der Waals surface area contributed by atoms with Gasteiger partial charge in [0, 0.05) is 0 Å². The molecule has 0 radical (unpaired) electrons. The van der Waals surface area contributed by atoms with Gasteiger partial charge in [-0.05, 0) is 19.1 Å². The highest BCUT2D eigenvalue weighted by Gasteiger charge is 2.12. The molecule has 1 heterocycles. The maximum Gasteiger partial charge on any atom is 0.346 e. The van der Waals surface area contributed by atoms with Crippen molar-refractivity contribution in [2.24, 2.45) is 0 Å². The lowest BCUT2D eigenvalue weighted by atomic mass is 10.4. The monoisotopic (exact) mass is 357 g/mol. The summed E-state index contributed by atoms with van der Waals surface area (Å²) in [6, 6.07) is 5.62. The minimum absolute atomic E-state index is 0.0426. The van der Waals surface area contributed by atoms with Gasteiger partial charge in [-0.3, -0.25) is 5.32 Å². The van der Waals surface area contributed by atoms with Crippen LogP contribution in [0.25, 0.3) is 0 Å². The molecule has 1 aromatic carbocycles. The molecule has 0 saturated carbocycles. The highest BCUT2D eigenvalue weighted by atomic mass is 35.5. The van der Waals surface area contributed by atoms with E-state index in [0.29, 0.717) is 5.82 Å². The van der Waals surface area contributed by atoms with E-state index in [1.54, 1.807) is 25.1 Å². The Morgan fingerprint density at radius 1 is 1.26 bits per heavy atom. The van der Waals surface area contributed by atoms with Crippen molar-refractivity contribution in [3.63, 3.8) is 0 Å². The number of nitrogens with zero attached hydrogens (tertiary/aromatic N) is 3. The lowest BCUT2D eigenvalue weighted by molar-refractivity contribution is 0.200. The third kappa shape index (κ3) is 4.84. The lowest BCUT2D eigenvalue weighted by Crippen LogP contribution is -2.30. The second kappa shape index (κ2) is 7.81. The van der Waals surface area contributed by atoms with Gasteiger partial charge in [-0.15, -0.1) is 0 Å². The van der Waals surface area contributed by atoms with E-state index in [2.05, 4.69) is 20.3 Å². The zero-order valence-corrected chi connectivity index (χ0v) is 13.6. The Morgan fingerprint density at radius 2 is 2.00 bits per heavy atom. The van der Waals surface area contributed by atoms with Gasteiger partial charge in [0.1, 0.15) is 5.82 Å². The lowest BCUT2D eigenvalue weighted by Gasteiger charge is -2.07. The van der Waals surface area contributed by atoms with Crippen LogP contribution in [0.15, 0.2) is 29.2 Å². The number of rotatable bonds is 5. The molecule has 0 aliphatic heterocycles. The number of aromatic nitrogens is 3.